The maximum Gasteiger partial charge on any atom is 0.234 e. The molecule has 0 bridgehead atoms. The Labute approximate surface area is 175 Å². The molecule has 2 aromatic carbocycles. The average molecular weight is 407 g/mol. The molecule has 1 aliphatic carbocycles. The molecule has 1 aliphatic heterocycles. The minimum Gasteiger partial charge on any atom is -0.397 e. The number of amides is 1. The lowest BCUT2D eigenvalue weighted by Crippen LogP contribution is -2.47. The number of benzene rings is 2. The van der Waals surface area contributed by atoms with Gasteiger partial charge in [-0.05, 0) is 54.7 Å². The van der Waals surface area contributed by atoms with Gasteiger partial charge in [0.15, 0.2) is 0 Å². The molecule has 2 aliphatic rings. The molecule has 0 spiro atoms. The molecule has 5 nitrogen and oxygen atoms in total. The van der Waals surface area contributed by atoms with Crippen molar-refractivity contribution >= 4 is 22.5 Å². The second-order valence-corrected chi connectivity index (χ2v) is 8.52. The Bertz CT molecular complexity index is 1100. The second kappa shape index (κ2) is 7.76. The van der Waals surface area contributed by atoms with E-state index in [4.69, 9.17) is 5.73 Å². The number of rotatable bonds is 4. The Hall–Kier alpha value is -2.86. The predicted molar refractivity (Wildman–Crippen MR) is 117 cm³/mol. The first-order chi connectivity index (χ1) is 14.6. The number of carbonyl (C=O) groups is 1. The van der Waals surface area contributed by atoms with Gasteiger partial charge in [0.1, 0.15) is 5.82 Å². The van der Waals surface area contributed by atoms with Gasteiger partial charge in [0.25, 0.3) is 0 Å². The van der Waals surface area contributed by atoms with Crippen molar-refractivity contribution in [1.82, 2.24) is 14.8 Å². The van der Waals surface area contributed by atoms with Gasteiger partial charge in [0.05, 0.1) is 23.4 Å². The van der Waals surface area contributed by atoms with Crippen LogP contribution in [-0.2, 0) is 11.3 Å². The van der Waals surface area contributed by atoms with Crippen LogP contribution in [0.2, 0.25) is 0 Å². The molecule has 5 rings (SSSR count). The van der Waals surface area contributed by atoms with E-state index in [0.717, 1.165) is 41.5 Å². The third-order valence-corrected chi connectivity index (χ3v) is 6.40. The van der Waals surface area contributed by atoms with E-state index in [-0.39, 0.29) is 11.7 Å². The van der Waals surface area contributed by atoms with E-state index in [1.807, 2.05) is 22.8 Å². The average Bonchev–Trinajstić information content (AvgIpc) is 3.36. The lowest BCUT2D eigenvalue weighted by molar-refractivity contribution is -0.124. The smallest absolute Gasteiger partial charge is 0.234 e. The molecule has 0 atom stereocenters. The first-order valence-electron chi connectivity index (χ1n) is 10.8. The summed E-state index contributed by atoms with van der Waals surface area (Å²) in [5.74, 6) is 0.243. The molecule has 2 heterocycles. The summed E-state index contributed by atoms with van der Waals surface area (Å²) in [4.78, 5) is 13.8. The molecular formula is C24H27FN4O. The van der Waals surface area contributed by atoms with E-state index in [0.29, 0.717) is 36.9 Å². The Balaban J connectivity index is 1.61. The van der Waals surface area contributed by atoms with Crippen molar-refractivity contribution in [3.05, 3.63) is 59.5 Å². The van der Waals surface area contributed by atoms with Gasteiger partial charge >= 0.3 is 0 Å². The van der Waals surface area contributed by atoms with E-state index >= 15 is 0 Å². The number of aromatic nitrogens is 1. The summed E-state index contributed by atoms with van der Waals surface area (Å²) in [5.41, 5.74) is 10.9. The number of carbonyl (C=O) groups excluding carboxylic acids is 1. The topological polar surface area (TPSA) is 63.3 Å². The molecule has 6 heteroatoms. The summed E-state index contributed by atoms with van der Waals surface area (Å²) < 4.78 is 16.8. The number of hydrogen-bond acceptors (Lipinski definition) is 3. The third-order valence-electron chi connectivity index (χ3n) is 6.40. The van der Waals surface area contributed by atoms with Crippen LogP contribution < -0.4 is 11.1 Å². The summed E-state index contributed by atoms with van der Waals surface area (Å²) in [6, 6.07) is 13.2. The van der Waals surface area contributed by atoms with E-state index < -0.39 is 0 Å². The highest BCUT2D eigenvalue weighted by Gasteiger charge is 2.25. The van der Waals surface area contributed by atoms with E-state index in [1.165, 1.54) is 18.9 Å². The number of fused-ring (bicyclic) bond motifs is 1. The van der Waals surface area contributed by atoms with Crippen molar-refractivity contribution in [2.45, 2.75) is 38.1 Å². The van der Waals surface area contributed by atoms with E-state index in [1.54, 1.807) is 6.07 Å². The fraction of sp³-hybridized carbons (Fsp3) is 0.375. The zero-order chi connectivity index (χ0) is 20.7. The van der Waals surface area contributed by atoms with Crippen molar-refractivity contribution in [3.8, 4) is 5.69 Å². The van der Waals surface area contributed by atoms with Crippen LogP contribution in [0.25, 0.3) is 16.6 Å². The fourth-order valence-corrected chi connectivity index (χ4v) is 5.06. The van der Waals surface area contributed by atoms with Crippen molar-refractivity contribution in [1.29, 1.82) is 0 Å². The van der Waals surface area contributed by atoms with Gasteiger partial charge in [-0.25, -0.2) is 4.39 Å². The largest absolute Gasteiger partial charge is 0.397 e. The summed E-state index contributed by atoms with van der Waals surface area (Å²) in [7, 11) is 0. The lowest BCUT2D eigenvalue weighted by atomic mass is 10.0. The quantitative estimate of drug-likeness (QED) is 0.645. The van der Waals surface area contributed by atoms with E-state index in [2.05, 4.69) is 22.3 Å². The summed E-state index contributed by atoms with van der Waals surface area (Å²) in [5, 5.41) is 3.90. The molecule has 3 aromatic rings. The molecule has 0 unspecified atom stereocenters. The lowest BCUT2D eigenvalue weighted by Gasteiger charge is -2.26. The van der Waals surface area contributed by atoms with Crippen LogP contribution in [0.5, 0.6) is 0 Å². The van der Waals surface area contributed by atoms with Crippen LogP contribution in [0.4, 0.5) is 10.1 Å². The third kappa shape index (κ3) is 3.45. The molecule has 156 valence electrons. The molecule has 3 N–H and O–H groups in total. The molecule has 0 radical (unpaired) electrons. The van der Waals surface area contributed by atoms with Crippen LogP contribution in [-0.4, -0.2) is 35.0 Å². The number of halogens is 1. The number of nitrogens with zero attached hydrogens (tertiary/aromatic N) is 2. The number of nitrogens with one attached hydrogen (secondary N) is 1. The van der Waals surface area contributed by atoms with Crippen molar-refractivity contribution < 1.29 is 9.18 Å². The highest BCUT2D eigenvalue weighted by atomic mass is 19.1. The van der Waals surface area contributed by atoms with Gasteiger partial charge in [0.2, 0.25) is 5.91 Å². The van der Waals surface area contributed by atoms with Crippen LogP contribution in [0.1, 0.15) is 42.9 Å². The Morgan fingerprint density at radius 1 is 1.13 bits per heavy atom. The van der Waals surface area contributed by atoms with Gasteiger partial charge in [0, 0.05) is 30.7 Å². The summed E-state index contributed by atoms with van der Waals surface area (Å²) in [6.07, 6.45) is 4.67. The molecular weight excluding hydrogens is 379 g/mol. The number of nitrogen functional groups attached to an aromatic ring is 1. The molecule has 1 saturated heterocycles. The molecule has 2 fully saturated rings. The van der Waals surface area contributed by atoms with Crippen LogP contribution in [0.3, 0.4) is 0 Å². The molecule has 30 heavy (non-hydrogen) atoms. The zero-order valence-electron chi connectivity index (χ0n) is 17.0. The molecule has 1 saturated carbocycles. The first-order valence-corrected chi connectivity index (χ1v) is 10.8. The van der Waals surface area contributed by atoms with Crippen molar-refractivity contribution in [2.24, 2.45) is 0 Å². The van der Waals surface area contributed by atoms with Gasteiger partial charge in [-0.3, -0.25) is 9.69 Å². The molecule has 1 amide bonds. The number of para-hydroxylation sites is 1. The van der Waals surface area contributed by atoms with Crippen LogP contribution in [0, 0.1) is 5.82 Å². The van der Waals surface area contributed by atoms with Crippen molar-refractivity contribution in [3.63, 3.8) is 0 Å². The number of nitrogens with two attached hydrogens (primary N) is 1. The Morgan fingerprint density at radius 2 is 1.93 bits per heavy atom. The number of hydrogen-bond donors (Lipinski definition) is 2. The Morgan fingerprint density at radius 3 is 2.70 bits per heavy atom. The summed E-state index contributed by atoms with van der Waals surface area (Å²) >= 11 is 0. The SMILES string of the molecule is Nc1cc(CN2CCNC(=O)C2)cc2cc(C3CCCC3)n(-c3ccccc3F)c12. The monoisotopic (exact) mass is 406 g/mol. The molecule has 1 aromatic heterocycles. The van der Waals surface area contributed by atoms with Gasteiger partial charge < -0.3 is 15.6 Å². The fourth-order valence-electron chi connectivity index (χ4n) is 5.06. The van der Waals surface area contributed by atoms with Gasteiger partial charge in [-0.2, -0.15) is 0 Å². The minimum absolute atomic E-state index is 0.0597. The number of piperazine rings is 1. The number of anilines is 1. The summed E-state index contributed by atoms with van der Waals surface area (Å²) in [6.45, 7) is 2.58. The Kier molecular flexibility index (Phi) is 4.95. The van der Waals surface area contributed by atoms with Crippen molar-refractivity contribution in [2.75, 3.05) is 25.4 Å². The second-order valence-electron chi connectivity index (χ2n) is 8.52. The van der Waals surface area contributed by atoms with Gasteiger partial charge in [-0.1, -0.05) is 25.0 Å². The minimum atomic E-state index is -0.239. The maximum absolute atomic E-state index is 14.8. The zero-order valence-corrected chi connectivity index (χ0v) is 17.0. The highest BCUT2D eigenvalue weighted by Crippen LogP contribution is 2.40. The normalized spacial score (nSPS) is 18.2. The van der Waals surface area contributed by atoms with E-state index in [9.17, 15) is 9.18 Å². The maximum atomic E-state index is 14.8. The first kappa shape index (κ1) is 19.1. The van der Waals surface area contributed by atoms with Gasteiger partial charge in [-0.15, -0.1) is 0 Å². The van der Waals surface area contributed by atoms with Crippen LogP contribution in [0.15, 0.2) is 42.5 Å². The predicted octanol–water partition coefficient (Wildman–Crippen LogP) is 3.94. The van der Waals surface area contributed by atoms with Crippen LogP contribution >= 0.6 is 0 Å². The highest BCUT2D eigenvalue weighted by molar-refractivity contribution is 5.94. The standard InChI is InChI=1S/C24H27FN4O/c25-19-7-3-4-8-21(19)29-22(17-5-1-2-6-17)13-18-11-16(12-20(26)24(18)29)14-28-10-9-27-23(30)15-28/h3-4,7-8,11-13,17H,1-2,5-6,9-10,14-15,26H2,(H,27,30).